The van der Waals surface area contributed by atoms with E-state index in [0.717, 1.165) is 35.5 Å². The summed E-state index contributed by atoms with van der Waals surface area (Å²) in [6, 6.07) is 14.1. The largest absolute Gasteiger partial charge is 0.399 e. The molecule has 0 atom stereocenters. The van der Waals surface area contributed by atoms with Crippen LogP contribution in [0.4, 0.5) is 28.8 Å². The third-order valence-electron chi connectivity index (χ3n) is 4.02. The van der Waals surface area contributed by atoms with Gasteiger partial charge in [-0.3, -0.25) is 0 Å². The molecule has 0 amide bonds. The van der Waals surface area contributed by atoms with E-state index in [9.17, 15) is 0 Å². The second-order valence-corrected chi connectivity index (χ2v) is 6.16. The molecule has 6 bridgehead atoms. The standard InChI is InChI=1S/C18H16ClN5/c19-15-10-21-18-23-13-3-1-2-11(8-13)4-5-12-9-14(6-7-16(12)20)22-17(15)24-18/h1-3,6-10H,4-5,20H2,(H2,21,22,23,24). The van der Waals surface area contributed by atoms with Gasteiger partial charge in [-0.2, -0.15) is 4.98 Å². The fourth-order valence-corrected chi connectivity index (χ4v) is 2.90. The van der Waals surface area contributed by atoms with E-state index in [-0.39, 0.29) is 0 Å². The zero-order chi connectivity index (χ0) is 16.5. The molecule has 0 spiro atoms. The number of rotatable bonds is 0. The molecule has 0 aliphatic carbocycles. The van der Waals surface area contributed by atoms with E-state index in [1.165, 1.54) is 5.56 Å². The molecule has 5 nitrogen and oxygen atoms in total. The summed E-state index contributed by atoms with van der Waals surface area (Å²) < 4.78 is 0. The molecule has 6 heteroatoms. The highest BCUT2D eigenvalue weighted by Gasteiger charge is 2.10. The Morgan fingerprint density at radius 1 is 1.00 bits per heavy atom. The average molecular weight is 338 g/mol. The van der Waals surface area contributed by atoms with Crippen LogP contribution in [-0.4, -0.2) is 9.97 Å². The van der Waals surface area contributed by atoms with Crippen molar-refractivity contribution in [3.63, 3.8) is 0 Å². The van der Waals surface area contributed by atoms with Crippen LogP contribution in [0.1, 0.15) is 11.1 Å². The maximum atomic E-state index is 6.22. The molecule has 1 aliphatic rings. The molecule has 4 rings (SSSR count). The molecule has 1 aromatic heterocycles. The number of aromatic nitrogens is 2. The van der Waals surface area contributed by atoms with Gasteiger partial charge in [-0.15, -0.1) is 0 Å². The van der Waals surface area contributed by atoms with Crippen LogP contribution in [0.3, 0.4) is 0 Å². The highest BCUT2D eigenvalue weighted by molar-refractivity contribution is 6.32. The number of nitrogens with zero attached hydrogens (tertiary/aromatic N) is 2. The van der Waals surface area contributed by atoms with Gasteiger partial charge < -0.3 is 16.4 Å². The van der Waals surface area contributed by atoms with Crippen molar-refractivity contribution in [1.82, 2.24) is 9.97 Å². The van der Waals surface area contributed by atoms with Crippen molar-refractivity contribution in [2.75, 3.05) is 16.4 Å². The monoisotopic (exact) mass is 337 g/mol. The van der Waals surface area contributed by atoms with Crippen molar-refractivity contribution >= 4 is 40.4 Å². The van der Waals surface area contributed by atoms with Crippen LogP contribution in [0.5, 0.6) is 0 Å². The van der Waals surface area contributed by atoms with Crippen LogP contribution in [0.15, 0.2) is 48.7 Å². The van der Waals surface area contributed by atoms with Crippen molar-refractivity contribution in [2.24, 2.45) is 0 Å². The molecule has 3 aromatic rings. The molecule has 0 radical (unpaired) electrons. The van der Waals surface area contributed by atoms with Crippen molar-refractivity contribution in [1.29, 1.82) is 0 Å². The van der Waals surface area contributed by atoms with E-state index in [2.05, 4.69) is 32.7 Å². The number of aryl methyl sites for hydroxylation is 2. The quantitative estimate of drug-likeness (QED) is 0.533. The minimum absolute atomic E-state index is 0.461. The number of nitrogen functional groups attached to an aromatic ring is 1. The number of nitrogens with two attached hydrogens (primary N) is 1. The first-order chi connectivity index (χ1) is 11.7. The van der Waals surface area contributed by atoms with E-state index in [0.29, 0.717) is 16.8 Å². The Kier molecular flexibility index (Phi) is 3.70. The number of hydrogen-bond donors (Lipinski definition) is 3. The molecule has 2 heterocycles. The summed E-state index contributed by atoms with van der Waals surface area (Å²) in [5.74, 6) is 1.05. The van der Waals surface area contributed by atoms with Crippen LogP contribution >= 0.6 is 11.6 Å². The Balaban J connectivity index is 1.84. The summed E-state index contributed by atoms with van der Waals surface area (Å²) in [5, 5.41) is 6.93. The Bertz CT molecular complexity index is 910. The van der Waals surface area contributed by atoms with Crippen molar-refractivity contribution < 1.29 is 0 Å². The Morgan fingerprint density at radius 2 is 1.88 bits per heavy atom. The molecular weight excluding hydrogens is 322 g/mol. The molecule has 0 saturated heterocycles. The van der Waals surface area contributed by atoms with Gasteiger partial charge in [0.1, 0.15) is 5.02 Å². The Morgan fingerprint density at radius 3 is 2.79 bits per heavy atom. The number of hydrogen-bond acceptors (Lipinski definition) is 5. The normalized spacial score (nSPS) is 12.9. The molecule has 0 fully saturated rings. The summed E-state index contributed by atoms with van der Waals surface area (Å²) in [5.41, 5.74) is 11.1. The van der Waals surface area contributed by atoms with Crippen LogP contribution < -0.4 is 16.4 Å². The smallest absolute Gasteiger partial charge is 0.229 e. The molecule has 24 heavy (non-hydrogen) atoms. The maximum absolute atomic E-state index is 6.22. The lowest BCUT2D eigenvalue weighted by Crippen LogP contribution is -2.02. The number of anilines is 5. The van der Waals surface area contributed by atoms with Gasteiger partial charge in [0.2, 0.25) is 5.95 Å². The lowest BCUT2D eigenvalue weighted by atomic mass is 10.0. The van der Waals surface area contributed by atoms with Gasteiger partial charge in [0.15, 0.2) is 5.82 Å². The topological polar surface area (TPSA) is 75.9 Å². The van der Waals surface area contributed by atoms with Gasteiger partial charge in [-0.25, -0.2) is 4.98 Å². The fraction of sp³-hybridized carbons (Fsp3) is 0.111. The highest BCUT2D eigenvalue weighted by Crippen LogP contribution is 2.28. The van der Waals surface area contributed by atoms with E-state index in [4.69, 9.17) is 17.3 Å². The minimum Gasteiger partial charge on any atom is -0.399 e. The predicted molar refractivity (Wildman–Crippen MR) is 98.3 cm³/mol. The second kappa shape index (κ2) is 6.02. The van der Waals surface area contributed by atoms with E-state index in [1.807, 2.05) is 30.3 Å². The predicted octanol–water partition coefficient (Wildman–Crippen LogP) is 4.30. The first kappa shape index (κ1) is 14.8. The lowest BCUT2D eigenvalue weighted by Gasteiger charge is -2.11. The molecule has 120 valence electrons. The average Bonchev–Trinajstić information content (AvgIpc) is 2.58. The third-order valence-corrected chi connectivity index (χ3v) is 4.29. The van der Waals surface area contributed by atoms with Crippen LogP contribution in [-0.2, 0) is 12.8 Å². The van der Waals surface area contributed by atoms with Crippen molar-refractivity contribution in [2.45, 2.75) is 12.8 Å². The second-order valence-electron chi connectivity index (χ2n) is 5.75. The van der Waals surface area contributed by atoms with E-state index in [1.54, 1.807) is 6.20 Å². The zero-order valence-corrected chi connectivity index (χ0v) is 13.6. The van der Waals surface area contributed by atoms with Gasteiger partial charge in [-0.1, -0.05) is 23.7 Å². The third kappa shape index (κ3) is 2.98. The summed E-state index contributed by atoms with van der Waals surface area (Å²) >= 11 is 6.22. The number of halogens is 1. The molecule has 2 aromatic carbocycles. The summed E-state index contributed by atoms with van der Waals surface area (Å²) in [4.78, 5) is 8.71. The summed E-state index contributed by atoms with van der Waals surface area (Å²) in [7, 11) is 0. The first-order valence-electron chi connectivity index (χ1n) is 7.71. The Labute approximate surface area is 144 Å². The highest BCUT2D eigenvalue weighted by atomic mass is 35.5. The Hall–Kier alpha value is -2.79. The van der Waals surface area contributed by atoms with Gasteiger partial charge in [0.05, 0.1) is 6.20 Å². The lowest BCUT2D eigenvalue weighted by molar-refractivity contribution is 0.964. The number of benzene rings is 2. The van der Waals surface area contributed by atoms with Gasteiger partial charge in [0, 0.05) is 17.1 Å². The van der Waals surface area contributed by atoms with Gasteiger partial charge in [0.25, 0.3) is 0 Å². The molecule has 0 unspecified atom stereocenters. The summed E-state index contributed by atoms with van der Waals surface area (Å²) in [6.07, 6.45) is 3.35. The van der Waals surface area contributed by atoms with Crippen LogP contribution in [0.25, 0.3) is 0 Å². The van der Waals surface area contributed by atoms with E-state index < -0.39 is 0 Å². The van der Waals surface area contributed by atoms with Crippen LogP contribution in [0, 0.1) is 0 Å². The summed E-state index contributed by atoms with van der Waals surface area (Å²) in [6.45, 7) is 0. The number of fused-ring (bicyclic) bond motifs is 6. The maximum Gasteiger partial charge on any atom is 0.229 e. The molecule has 0 saturated carbocycles. The fourth-order valence-electron chi connectivity index (χ4n) is 2.76. The zero-order valence-electron chi connectivity index (χ0n) is 12.9. The van der Waals surface area contributed by atoms with Crippen molar-refractivity contribution in [3.8, 4) is 0 Å². The van der Waals surface area contributed by atoms with Gasteiger partial charge >= 0.3 is 0 Å². The van der Waals surface area contributed by atoms with E-state index >= 15 is 0 Å². The SMILES string of the molecule is Nc1ccc2cc1CCc1cccc(c1)Nc1ncc(Cl)c(n1)N2. The van der Waals surface area contributed by atoms with Gasteiger partial charge in [-0.05, 0) is 54.3 Å². The van der Waals surface area contributed by atoms with Crippen molar-refractivity contribution in [3.05, 3.63) is 64.8 Å². The molecule has 1 aliphatic heterocycles. The minimum atomic E-state index is 0.461. The molecular formula is C18H16ClN5. The first-order valence-corrected chi connectivity index (χ1v) is 8.09. The molecule has 4 N–H and O–H groups in total. The number of nitrogens with one attached hydrogen (secondary N) is 2. The van der Waals surface area contributed by atoms with Crippen LogP contribution in [0.2, 0.25) is 5.02 Å².